The molecular weight excluding hydrogens is 562 g/mol. The third kappa shape index (κ3) is 17.6. The number of ether oxygens (including phenoxy) is 2. The highest BCUT2D eigenvalue weighted by Gasteiger charge is 2.27. The number of carbonyl (C=O) groups excluding carboxylic acids is 3. The average molecular weight is 606 g/mol. The van der Waals surface area contributed by atoms with Crippen LogP contribution in [0.15, 0.2) is 21.7 Å². The normalized spacial score (nSPS) is 12.0. The number of amides is 3. The van der Waals surface area contributed by atoms with E-state index in [1.54, 1.807) is 55.4 Å². The van der Waals surface area contributed by atoms with Gasteiger partial charge in [-0.05, 0) is 61.5 Å². The maximum absolute atomic E-state index is 12.0. The van der Waals surface area contributed by atoms with Crippen LogP contribution in [0.3, 0.4) is 0 Å². The maximum Gasteiger partial charge on any atom is 0.433 e. The van der Waals surface area contributed by atoms with Crippen molar-refractivity contribution in [1.82, 2.24) is 21.4 Å². The first-order chi connectivity index (χ1) is 19.3. The standard InChI is InChI=1S/C17H27N5O8.C7H16N2O3/c1-16(2,3)30-15(24)18-8-9-28-21-17(4,5)12(20-25)10-19-14(23)11-6-7-13(29-11)22(26)27;1-7(2,3)12-6(10)9-4-5-11-8/h6-7,21,25H,8-10H2,1-5H3,(H,18,24)(H,19,23);4-5,8H2,1-3H3,(H,9,10). The number of hydroxylamine groups is 1. The van der Waals surface area contributed by atoms with Crippen LogP contribution in [0.5, 0.6) is 0 Å². The molecular formula is C24H43N7O11. The first-order valence-electron chi connectivity index (χ1n) is 12.7. The summed E-state index contributed by atoms with van der Waals surface area (Å²) in [5, 5.41) is 30.4. The first-order valence-corrected chi connectivity index (χ1v) is 12.7. The SMILES string of the molecule is CC(C)(C)OC(=O)NCCON.CC(C)(C)OC(=O)NCCONC(C)(C)C(CNC(=O)c1ccc([N+](=O)[O-])o1)=NO. The van der Waals surface area contributed by atoms with Crippen LogP contribution in [0.1, 0.15) is 65.9 Å². The molecule has 0 saturated heterocycles. The molecule has 0 aliphatic carbocycles. The van der Waals surface area contributed by atoms with Crippen molar-refractivity contribution in [3.8, 4) is 0 Å². The Balaban J connectivity index is 0.00000118. The molecule has 0 saturated carbocycles. The Morgan fingerprint density at radius 2 is 1.48 bits per heavy atom. The molecule has 0 unspecified atom stereocenters. The number of nitrogens with one attached hydrogen (secondary N) is 4. The monoisotopic (exact) mass is 605 g/mol. The fourth-order valence-electron chi connectivity index (χ4n) is 2.52. The van der Waals surface area contributed by atoms with Crippen LogP contribution in [0.25, 0.3) is 0 Å². The zero-order chi connectivity index (χ0) is 32.6. The molecule has 1 rings (SSSR count). The van der Waals surface area contributed by atoms with Gasteiger partial charge in [-0.25, -0.2) is 15.5 Å². The third-order valence-corrected chi connectivity index (χ3v) is 4.34. The van der Waals surface area contributed by atoms with E-state index in [9.17, 15) is 29.7 Å². The Morgan fingerprint density at radius 3 is 1.90 bits per heavy atom. The Morgan fingerprint density at radius 1 is 0.952 bits per heavy atom. The van der Waals surface area contributed by atoms with Gasteiger partial charge in [0.2, 0.25) is 0 Å². The predicted molar refractivity (Wildman–Crippen MR) is 149 cm³/mol. The molecule has 1 aromatic rings. The molecule has 18 nitrogen and oxygen atoms in total. The summed E-state index contributed by atoms with van der Waals surface area (Å²) in [4.78, 5) is 53.8. The van der Waals surface area contributed by atoms with Crippen molar-refractivity contribution in [1.29, 1.82) is 0 Å². The minimum atomic E-state index is -0.997. The van der Waals surface area contributed by atoms with Crippen molar-refractivity contribution in [2.24, 2.45) is 11.1 Å². The van der Waals surface area contributed by atoms with E-state index in [0.717, 1.165) is 12.1 Å². The lowest BCUT2D eigenvalue weighted by Gasteiger charge is -2.26. The lowest BCUT2D eigenvalue weighted by molar-refractivity contribution is -0.402. The number of nitrogens with zero attached hydrogens (tertiary/aromatic N) is 2. The van der Waals surface area contributed by atoms with Gasteiger partial charge < -0.3 is 39.9 Å². The number of nitrogens with two attached hydrogens (primary N) is 1. The molecule has 240 valence electrons. The third-order valence-electron chi connectivity index (χ3n) is 4.34. The van der Waals surface area contributed by atoms with Crippen LogP contribution >= 0.6 is 0 Å². The van der Waals surface area contributed by atoms with Crippen molar-refractivity contribution < 1.29 is 48.1 Å². The summed E-state index contributed by atoms with van der Waals surface area (Å²) in [7, 11) is 0. The van der Waals surface area contributed by atoms with Gasteiger partial charge in [0.05, 0.1) is 37.1 Å². The van der Waals surface area contributed by atoms with E-state index in [-0.39, 0.29) is 37.8 Å². The minimum Gasteiger partial charge on any atom is -0.444 e. The van der Waals surface area contributed by atoms with Crippen LogP contribution in [-0.2, 0) is 19.1 Å². The Hall–Kier alpha value is -4.00. The molecule has 0 radical (unpaired) electrons. The van der Waals surface area contributed by atoms with Crippen molar-refractivity contribution in [2.75, 3.05) is 32.8 Å². The van der Waals surface area contributed by atoms with Crippen molar-refractivity contribution in [2.45, 2.75) is 72.1 Å². The molecule has 7 N–H and O–H groups in total. The van der Waals surface area contributed by atoms with Gasteiger partial charge >= 0.3 is 18.1 Å². The van der Waals surface area contributed by atoms with Crippen molar-refractivity contribution in [3.63, 3.8) is 0 Å². The van der Waals surface area contributed by atoms with E-state index in [4.69, 9.17) is 24.6 Å². The van der Waals surface area contributed by atoms with Gasteiger partial charge in [-0.15, -0.1) is 0 Å². The molecule has 1 heterocycles. The second-order valence-electron chi connectivity index (χ2n) is 10.9. The van der Waals surface area contributed by atoms with E-state index < -0.39 is 45.6 Å². The topological polar surface area (TPSA) is 251 Å². The average Bonchev–Trinajstić information content (AvgIpc) is 3.33. The molecule has 0 aromatic carbocycles. The van der Waals surface area contributed by atoms with E-state index in [0.29, 0.717) is 6.54 Å². The van der Waals surface area contributed by atoms with Crippen LogP contribution in [0.2, 0.25) is 0 Å². The molecule has 0 bridgehead atoms. The van der Waals surface area contributed by atoms with Gasteiger partial charge in [0.15, 0.2) is 5.76 Å². The lowest BCUT2D eigenvalue weighted by Crippen LogP contribution is -2.51. The summed E-state index contributed by atoms with van der Waals surface area (Å²) in [6.07, 6.45) is -1.04. The quantitative estimate of drug-likeness (QED) is 0.0619. The van der Waals surface area contributed by atoms with Gasteiger partial charge in [0, 0.05) is 13.1 Å². The second kappa shape index (κ2) is 17.7. The molecule has 0 fully saturated rings. The molecule has 3 amide bonds. The van der Waals surface area contributed by atoms with E-state index in [2.05, 4.69) is 31.4 Å². The van der Waals surface area contributed by atoms with Crippen LogP contribution in [-0.4, -0.2) is 83.5 Å². The van der Waals surface area contributed by atoms with Crippen LogP contribution in [0.4, 0.5) is 15.5 Å². The largest absolute Gasteiger partial charge is 0.444 e. The van der Waals surface area contributed by atoms with Crippen LogP contribution < -0.4 is 27.3 Å². The summed E-state index contributed by atoms with van der Waals surface area (Å²) in [6.45, 7) is 14.6. The van der Waals surface area contributed by atoms with Crippen LogP contribution in [0, 0.1) is 10.1 Å². The number of oxime groups is 1. The zero-order valence-corrected chi connectivity index (χ0v) is 25.2. The number of nitro groups is 1. The summed E-state index contributed by atoms with van der Waals surface area (Å²) >= 11 is 0. The highest BCUT2D eigenvalue weighted by atomic mass is 16.7. The molecule has 18 heteroatoms. The molecule has 1 aromatic heterocycles. The molecule has 0 spiro atoms. The fraction of sp³-hybridized carbons (Fsp3) is 0.667. The number of hydrogen-bond acceptors (Lipinski definition) is 14. The molecule has 0 atom stereocenters. The highest BCUT2D eigenvalue weighted by molar-refractivity contribution is 5.99. The van der Waals surface area contributed by atoms with E-state index in [1.165, 1.54) is 0 Å². The fourth-order valence-corrected chi connectivity index (χ4v) is 2.52. The van der Waals surface area contributed by atoms with Gasteiger partial charge in [0.1, 0.15) is 16.1 Å². The van der Waals surface area contributed by atoms with Crippen molar-refractivity contribution >= 4 is 29.7 Å². The summed E-state index contributed by atoms with van der Waals surface area (Å²) in [5.41, 5.74) is 0.706. The number of furan rings is 1. The second-order valence-corrected chi connectivity index (χ2v) is 10.9. The maximum atomic E-state index is 12.0. The number of carbonyl (C=O) groups is 3. The summed E-state index contributed by atoms with van der Waals surface area (Å²) < 4.78 is 14.8. The van der Waals surface area contributed by atoms with Gasteiger partial charge in [-0.2, -0.15) is 5.48 Å². The van der Waals surface area contributed by atoms with Gasteiger partial charge in [0.25, 0.3) is 5.91 Å². The Kier molecular flexibility index (Phi) is 16.0. The minimum absolute atomic E-state index is 0.0871. The smallest absolute Gasteiger partial charge is 0.433 e. The molecule has 42 heavy (non-hydrogen) atoms. The van der Waals surface area contributed by atoms with Crippen molar-refractivity contribution in [3.05, 3.63) is 28.0 Å². The van der Waals surface area contributed by atoms with Gasteiger partial charge in [-0.3, -0.25) is 19.7 Å². The number of alkyl carbamates (subject to hydrolysis) is 2. The van der Waals surface area contributed by atoms with E-state index in [1.807, 2.05) is 0 Å². The highest BCUT2D eigenvalue weighted by Crippen LogP contribution is 2.15. The van der Waals surface area contributed by atoms with Gasteiger partial charge in [-0.1, -0.05) is 5.16 Å². The Labute approximate surface area is 243 Å². The summed E-state index contributed by atoms with van der Waals surface area (Å²) in [6, 6.07) is 2.22. The number of hydrogen-bond donors (Lipinski definition) is 6. The first kappa shape index (κ1) is 38.0. The predicted octanol–water partition coefficient (Wildman–Crippen LogP) is 1.97. The lowest BCUT2D eigenvalue weighted by atomic mass is 9.99. The zero-order valence-electron chi connectivity index (χ0n) is 25.2. The molecule has 0 aliphatic heterocycles. The number of rotatable bonds is 13. The summed E-state index contributed by atoms with van der Waals surface area (Å²) in [5.74, 6) is 3.21. The Bertz CT molecular complexity index is 1040. The molecule has 0 aliphatic rings. The van der Waals surface area contributed by atoms with E-state index >= 15 is 0 Å².